The third-order valence-corrected chi connectivity index (χ3v) is 13.6. The summed E-state index contributed by atoms with van der Waals surface area (Å²) in [5.41, 5.74) is 0. The monoisotopic (exact) mass is 1100 g/mol. The Morgan fingerprint density at radius 1 is 0.263 bits per heavy atom. The van der Waals surface area contributed by atoms with Crippen LogP contribution in [0.1, 0.15) is 284 Å². The highest BCUT2D eigenvalue weighted by atomic mass is 16.6. The molecular weight excluding hydrogens is 985 g/mol. The van der Waals surface area contributed by atoms with Gasteiger partial charge in [-0.05, 0) is 122 Å². The van der Waals surface area contributed by atoms with Crippen LogP contribution in [0.15, 0.2) is 146 Å². The summed E-state index contributed by atoms with van der Waals surface area (Å²) < 4.78 is 16.9. The quantitative estimate of drug-likeness (QED) is 0.0261. The molecule has 0 amide bonds. The average Bonchev–Trinajstić information content (AvgIpc) is 3.46. The van der Waals surface area contributed by atoms with Crippen molar-refractivity contribution >= 4 is 17.9 Å². The average molecular weight is 1110 g/mol. The van der Waals surface area contributed by atoms with Crippen molar-refractivity contribution in [1.29, 1.82) is 0 Å². The largest absolute Gasteiger partial charge is 0.462 e. The van der Waals surface area contributed by atoms with Crippen LogP contribution in [-0.2, 0) is 28.6 Å². The van der Waals surface area contributed by atoms with Crippen molar-refractivity contribution < 1.29 is 28.6 Å². The summed E-state index contributed by atoms with van der Waals surface area (Å²) in [6.07, 6.45) is 95.7. The van der Waals surface area contributed by atoms with E-state index in [1.165, 1.54) is 89.9 Å². The molecule has 1 atom stereocenters. The molecule has 0 aromatic carbocycles. The van der Waals surface area contributed by atoms with Crippen molar-refractivity contribution in [2.45, 2.75) is 290 Å². The standard InChI is InChI=1S/C74H120O6/c1-4-7-10-13-16-19-22-25-27-29-30-31-32-33-34-35-36-37-38-39-40-41-42-43-44-46-47-49-52-55-58-61-64-67-73(76)79-70-71(69-78-72(75)66-63-60-57-54-51-24-21-18-15-12-9-6-3)80-74(77)68-65-62-59-56-53-50-48-45-28-26-23-20-17-14-11-8-5-2/h7-8,10-11,16-17,19-20,25-28,30-31,33-34,36-37,39-40,42-43,48,50,71H,4-6,9,12-15,18,21-24,29,32,35,38,41,44-47,49,51-70H2,1-3H3/b10-7-,11-8-,19-16-,20-17-,27-25-,28-26-,31-30-,34-33-,37-36-,40-39-,43-42-,50-48-. The van der Waals surface area contributed by atoms with E-state index in [1.54, 1.807) is 0 Å². The number of carbonyl (C=O) groups is 3. The molecule has 0 bridgehead atoms. The fourth-order valence-electron chi connectivity index (χ4n) is 8.74. The molecule has 0 aliphatic rings. The predicted molar refractivity (Wildman–Crippen MR) is 348 cm³/mol. The lowest BCUT2D eigenvalue weighted by Crippen LogP contribution is -2.30. The maximum absolute atomic E-state index is 12.9. The zero-order valence-corrected chi connectivity index (χ0v) is 51.8. The van der Waals surface area contributed by atoms with Crippen LogP contribution in [0.4, 0.5) is 0 Å². The topological polar surface area (TPSA) is 78.9 Å². The SMILES string of the molecule is CC/C=C\C/C=C\C/C=C\C/C=C\C/C=C\C/C=C\C/C=C\C/C=C\CCCCCCCCCCC(=O)OCC(COC(=O)CCCCCCCCCCCCCC)OC(=O)CCCCCC/C=C\C/C=C\C/C=C\C/C=C\CC. The van der Waals surface area contributed by atoms with Crippen molar-refractivity contribution in [3.05, 3.63) is 146 Å². The molecule has 0 aliphatic carbocycles. The number of hydrogen-bond acceptors (Lipinski definition) is 6. The van der Waals surface area contributed by atoms with Gasteiger partial charge >= 0.3 is 17.9 Å². The highest BCUT2D eigenvalue weighted by Gasteiger charge is 2.19. The lowest BCUT2D eigenvalue weighted by Gasteiger charge is -2.18. The van der Waals surface area contributed by atoms with Crippen LogP contribution in [0.3, 0.4) is 0 Å². The summed E-state index contributed by atoms with van der Waals surface area (Å²) in [5, 5.41) is 0. The molecule has 0 heterocycles. The highest BCUT2D eigenvalue weighted by Crippen LogP contribution is 2.15. The Morgan fingerprint density at radius 3 is 0.762 bits per heavy atom. The maximum atomic E-state index is 12.9. The van der Waals surface area contributed by atoms with E-state index >= 15 is 0 Å². The number of allylic oxidation sites excluding steroid dienone is 24. The number of carbonyl (C=O) groups excluding carboxylic acids is 3. The first-order valence-corrected chi connectivity index (χ1v) is 32.8. The van der Waals surface area contributed by atoms with Crippen LogP contribution >= 0.6 is 0 Å². The van der Waals surface area contributed by atoms with E-state index in [1.807, 2.05) is 0 Å². The van der Waals surface area contributed by atoms with Gasteiger partial charge < -0.3 is 14.2 Å². The van der Waals surface area contributed by atoms with E-state index in [-0.39, 0.29) is 31.1 Å². The molecule has 6 nitrogen and oxygen atoms in total. The van der Waals surface area contributed by atoms with Crippen molar-refractivity contribution in [2.24, 2.45) is 0 Å². The first kappa shape index (κ1) is 75.3. The van der Waals surface area contributed by atoms with Gasteiger partial charge in [0.05, 0.1) is 0 Å². The van der Waals surface area contributed by atoms with Gasteiger partial charge in [-0.2, -0.15) is 0 Å². The summed E-state index contributed by atoms with van der Waals surface area (Å²) in [4.78, 5) is 38.3. The maximum Gasteiger partial charge on any atom is 0.306 e. The van der Waals surface area contributed by atoms with Gasteiger partial charge in [-0.3, -0.25) is 14.4 Å². The van der Waals surface area contributed by atoms with Crippen LogP contribution in [0.25, 0.3) is 0 Å². The third-order valence-electron chi connectivity index (χ3n) is 13.6. The zero-order chi connectivity index (χ0) is 57.8. The fourth-order valence-corrected chi connectivity index (χ4v) is 8.74. The lowest BCUT2D eigenvalue weighted by atomic mass is 10.0. The van der Waals surface area contributed by atoms with Gasteiger partial charge in [0.1, 0.15) is 13.2 Å². The molecule has 452 valence electrons. The van der Waals surface area contributed by atoms with Gasteiger partial charge in [-0.25, -0.2) is 0 Å². The first-order valence-electron chi connectivity index (χ1n) is 32.8. The highest BCUT2D eigenvalue weighted by molar-refractivity contribution is 5.71. The molecule has 6 heteroatoms. The second-order valence-corrected chi connectivity index (χ2v) is 21.3. The van der Waals surface area contributed by atoms with Gasteiger partial charge in [0, 0.05) is 19.3 Å². The van der Waals surface area contributed by atoms with Crippen LogP contribution in [0.5, 0.6) is 0 Å². The second kappa shape index (κ2) is 66.8. The second-order valence-electron chi connectivity index (χ2n) is 21.3. The summed E-state index contributed by atoms with van der Waals surface area (Å²) >= 11 is 0. The molecule has 0 saturated carbocycles. The Labute approximate surface area is 493 Å². The van der Waals surface area contributed by atoms with Gasteiger partial charge in [0.25, 0.3) is 0 Å². The molecule has 80 heavy (non-hydrogen) atoms. The molecule has 0 N–H and O–H groups in total. The van der Waals surface area contributed by atoms with Crippen LogP contribution in [0.2, 0.25) is 0 Å². The van der Waals surface area contributed by atoms with E-state index in [0.717, 1.165) is 154 Å². The first-order chi connectivity index (χ1) is 39.5. The Kier molecular flexibility index (Phi) is 62.9. The number of unbranched alkanes of at least 4 members (excludes halogenated alkanes) is 23. The number of hydrogen-bond donors (Lipinski definition) is 0. The van der Waals surface area contributed by atoms with Crippen molar-refractivity contribution in [3.63, 3.8) is 0 Å². The summed E-state index contributed by atoms with van der Waals surface area (Å²) in [6.45, 7) is 6.39. The summed E-state index contributed by atoms with van der Waals surface area (Å²) in [7, 11) is 0. The Morgan fingerprint density at radius 2 is 0.487 bits per heavy atom. The number of esters is 3. The minimum absolute atomic E-state index is 0.0923. The van der Waals surface area contributed by atoms with Crippen LogP contribution in [0, 0.1) is 0 Å². The van der Waals surface area contributed by atoms with Gasteiger partial charge in [0.15, 0.2) is 6.10 Å². The molecule has 0 aromatic heterocycles. The zero-order valence-electron chi connectivity index (χ0n) is 51.8. The van der Waals surface area contributed by atoms with E-state index in [2.05, 4.69) is 167 Å². The molecule has 0 saturated heterocycles. The van der Waals surface area contributed by atoms with E-state index in [9.17, 15) is 14.4 Å². The van der Waals surface area contributed by atoms with Crippen molar-refractivity contribution in [3.8, 4) is 0 Å². The smallest absolute Gasteiger partial charge is 0.306 e. The predicted octanol–water partition coefficient (Wildman–Crippen LogP) is 22.7. The summed E-state index contributed by atoms with van der Waals surface area (Å²) in [5.74, 6) is -0.924. The molecule has 1 unspecified atom stereocenters. The fraction of sp³-hybridized carbons (Fsp3) is 0.635. The molecule has 0 fully saturated rings. The van der Waals surface area contributed by atoms with Gasteiger partial charge in [-0.15, -0.1) is 0 Å². The lowest BCUT2D eigenvalue weighted by molar-refractivity contribution is -0.167. The summed E-state index contributed by atoms with van der Waals surface area (Å²) in [6, 6.07) is 0. The Balaban J connectivity index is 4.30. The molecule has 0 aliphatic heterocycles. The molecule has 0 aromatic rings. The van der Waals surface area contributed by atoms with Gasteiger partial charge in [-0.1, -0.05) is 289 Å². The van der Waals surface area contributed by atoms with Crippen molar-refractivity contribution in [1.82, 2.24) is 0 Å². The van der Waals surface area contributed by atoms with Crippen molar-refractivity contribution in [2.75, 3.05) is 13.2 Å². The molecule has 0 rings (SSSR count). The number of ether oxygens (including phenoxy) is 3. The van der Waals surface area contributed by atoms with Gasteiger partial charge in [0.2, 0.25) is 0 Å². The third kappa shape index (κ3) is 64.1. The minimum Gasteiger partial charge on any atom is -0.462 e. The normalized spacial score (nSPS) is 13.1. The molecule has 0 spiro atoms. The molecular formula is C74H120O6. The Hall–Kier alpha value is -4.71. The number of rotatable bonds is 58. The van der Waals surface area contributed by atoms with E-state index in [4.69, 9.17) is 14.2 Å². The van der Waals surface area contributed by atoms with Crippen LogP contribution < -0.4 is 0 Å². The van der Waals surface area contributed by atoms with E-state index < -0.39 is 6.10 Å². The molecule has 0 radical (unpaired) electrons. The minimum atomic E-state index is -0.799. The Bertz CT molecular complexity index is 1750. The van der Waals surface area contributed by atoms with E-state index in [0.29, 0.717) is 19.3 Å². The van der Waals surface area contributed by atoms with Crippen LogP contribution in [-0.4, -0.2) is 37.2 Å².